The molecule has 21 heavy (non-hydrogen) atoms. The number of hydrogen-bond acceptors (Lipinski definition) is 2. The van der Waals surface area contributed by atoms with Crippen molar-refractivity contribution in [3.05, 3.63) is 0 Å². The van der Waals surface area contributed by atoms with Gasteiger partial charge < -0.3 is 4.43 Å². The second-order valence-corrected chi connectivity index (χ2v) is 13.2. The van der Waals surface area contributed by atoms with Gasteiger partial charge in [-0.3, -0.25) is 4.79 Å². The Morgan fingerprint density at radius 2 is 1.43 bits per heavy atom. The summed E-state index contributed by atoms with van der Waals surface area (Å²) in [5.41, 5.74) is 1.45. The standard InChI is InChI=1S/C18H36O2Si/c1-14(2)21(15(3)4,16(5)6)20-18(19)13-12-17-10-8-7-9-11-17/h14-17H,7-13H2,1-6H3. The molecule has 0 saturated heterocycles. The fourth-order valence-corrected chi connectivity index (χ4v) is 9.60. The predicted octanol–water partition coefficient (Wildman–Crippen LogP) is 6.07. The summed E-state index contributed by atoms with van der Waals surface area (Å²) in [7, 11) is -2.03. The molecule has 0 aromatic rings. The number of rotatable bonds is 7. The van der Waals surface area contributed by atoms with Crippen LogP contribution in [-0.4, -0.2) is 14.3 Å². The van der Waals surface area contributed by atoms with Gasteiger partial charge in [-0.2, -0.15) is 0 Å². The first kappa shape index (κ1) is 18.7. The van der Waals surface area contributed by atoms with Crippen molar-refractivity contribution < 1.29 is 9.22 Å². The van der Waals surface area contributed by atoms with Crippen LogP contribution in [0.5, 0.6) is 0 Å². The van der Waals surface area contributed by atoms with Gasteiger partial charge in [-0.05, 0) is 29.0 Å². The third-order valence-corrected chi connectivity index (χ3v) is 11.5. The van der Waals surface area contributed by atoms with Crippen molar-refractivity contribution in [3.63, 3.8) is 0 Å². The lowest BCUT2D eigenvalue weighted by Crippen LogP contribution is -2.49. The fourth-order valence-electron chi connectivity index (χ4n) is 4.40. The molecule has 1 aliphatic rings. The maximum Gasteiger partial charge on any atom is 0.292 e. The van der Waals surface area contributed by atoms with Crippen LogP contribution in [0.3, 0.4) is 0 Å². The number of hydrogen-bond donors (Lipinski definition) is 0. The topological polar surface area (TPSA) is 26.3 Å². The summed E-state index contributed by atoms with van der Waals surface area (Å²) in [5.74, 6) is 0.836. The van der Waals surface area contributed by atoms with Crippen LogP contribution in [0.25, 0.3) is 0 Å². The van der Waals surface area contributed by atoms with E-state index in [1.54, 1.807) is 0 Å². The minimum absolute atomic E-state index is 0.0725. The lowest BCUT2D eigenvalue weighted by atomic mass is 9.86. The molecule has 0 unspecified atom stereocenters. The molecule has 0 atom stereocenters. The Bertz CT molecular complexity index is 295. The first-order valence-electron chi connectivity index (χ1n) is 9.02. The summed E-state index contributed by atoms with van der Waals surface area (Å²) in [6.07, 6.45) is 8.38. The maximum absolute atomic E-state index is 12.4. The van der Waals surface area contributed by atoms with Crippen molar-refractivity contribution >= 4 is 14.3 Å². The van der Waals surface area contributed by atoms with Crippen LogP contribution in [0.2, 0.25) is 16.6 Å². The van der Waals surface area contributed by atoms with E-state index < -0.39 is 8.32 Å². The van der Waals surface area contributed by atoms with E-state index in [1.807, 2.05) is 0 Å². The summed E-state index contributed by atoms with van der Waals surface area (Å²) in [6.45, 7) is 13.4. The highest BCUT2D eigenvalue weighted by Gasteiger charge is 2.48. The van der Waals surface area contributed by atoms with Crippen LogP contribution in [0.15, 0.2) is 0 Å². The van der Waals surface area contributed by atoms with E-state index in [1.165, 1.54) is 32.1 Å². The van der Waals surface area contributed by atoms with Gasteiger partial charge in [0.1, 0.15) is 0 Å². The van der Waals surface area contributed by atoms with Crippen LogP contribution < -0.4 is 0 Å². The Morgan fingerprint density at radius 1 is 0.952 bits per heavy atom. The quantitative estimate of drug-likeness (QED) is 0.534. The molecule has 0 N–H and O–H groups in total. The molecule has 1 aliphatic carbocycles. The molecule has 124 valence electrons. The molecular weight excluding hydrogens is 276 g/mol. The van der Waals surface area contributed by atoms with Gasteiger partial charge in [0, 0.05) is 6.42 Å². The van der Waals surface area contributed by atoms with Gasteiger partial charge in [-0.15, -0.1) is 0 Å². The zero-order valence-corrected chi connectivity index (χ0v) is 16.1. The molecule has 1 fully saturated rings. The molecule has 0 bridgehead atoms. The fraction of sp³-hybridized carbons (Fsp3) is 0.944. The second-order valence-electron chi connectivity index (χ2n) is 7.83. The van der Waals surface area contributed by atoms with Crippen molar-refractivity contribution in [1.29, 1.82) is 0 Å². The molecule has 0 aromatic carbocycles. The highest BCUT2D eigenvalue weighted by atomic mass is 28.4. The summed E-state index contributed by atoms with van der Waals surface area (Å²) in [4.78, 5) is 12.4. The normalized spacial score (nSPS) is 17.8. The molecule has 0 aliphatic heterocycles. The first-order valence-corrected chi connectivity index (χ1v) is 11.2. The zero-order chi connectivity index (χ0) is 16.0. The van der Waals surface area contributed by atoms with Crippen LogP contribution >= 0.6 is 0 Å². The maximum atomic E-state index is 12.4. The van der Waals surface area contributed by atoms with Gasteiger partial charge in [0.15, 0.2) is 0 Å². The number of carbonyl (C=O) groups excluding carboxylic acids is 1. The minimum atomic E-state index is -2.03. The molecule has 3 heteroatoms. The lowest BCUT2D eigenvalue weighted by Gasteiger charge is -2.41. The van der Waals surface area contributed by atoms with E-state index >= 15 is 0 Å². The first-order chi connectivity index (χ1) is 9.80. The molecular formula is C18H36O2Si. The van der Waals surface area contributed by atoms with Gasteiger partial charge >= 0.3 is 0 Å². The Morgan fingerprint density at radius 3 is 1.86 bits per heavy atom. The van der Waals surface area contributed by atoms with Crippen molar-refractivity contribution in [1.82, 2.24) is 0 Å². The average molecular weight is 313 g/mol. The molecule has 0 aromatic heterocycles. The van der Waals surface area contributed by atoms with E-state index in [4.69, 9.17) is 4.43 Å². The van der Waals surface area contributed by atoms with Crippen LogP contribution in [0, 0.1) is 5.92 Å². The van der Waals surface area contributed by atoms with Gasteiger partial charge in [0.2, 0.25) is 0 Å². The number of carbonyl (C=O) groups is 1. The van der Waals surface area contributed by atoms with Crippen LogP contribution in [0.1, 0.15) is 86.5 Å². The highest BCUT2D eigenvalue weighted by Crippen LogP contribution is 2.42. The molecule has 2 nitrogen and oxygen atoms in total. The Balaban J connectivity index is 2.59. The van der Waals surface area contributed by atoms with Crippen LogP contribution in [0.4, 0.5) is 0 Å². The third kappa shape index (κ3) is 4.84. The van der Waals surface area contributed by atoms with Crippen LogP contribution in [-0.2, 0) is 9.22 Å². The van der Waals surface area contributed by atoms with E-state index in [-0.39, 0.29) is 5.97 Å². The van der Waals surface area contributed by atoms with Crippen molar-refractivity contribution in [2.45, 2.75) is 103 Å². The summed E-state index contributed by atoms with van der Waals surface area (Å²) >= 11 is 0. The molecule has 0 heterocycles. The Kier molecular flexibility index (Phi) is 7.45. The monoisotopic (exact) mass is 312 g/mol. The van der Waals surface area contributed by atoms with Crippen molar-refractivity contribution in [2.24, 2.45) is 5.92 Å². The summed E-state index contributed by atoms with van der Waals surface area (Å²) < 4.78 is 6.21. The Labute approximate surface area is 133 Å². The SMILES string of the molecule is CC(C)[Si](OC(=O)CCC1CCCCC1)(C(C)C)C(C)C. The smallest absolute Gasteiger partial charge is 0.292 e. The average Bonchev–Trinajstić information content (AvgIpc) is 2.42. The third-order valence-electron chi connectivity index (χ3n) is 5.48. The minimum Gasteiger partial charge on any atom is -0.518 e. The molecule has 1 saturated carbocycles. The second kappa shape index (κ2) is 8.35. The largest absolute Gasteiger partial charge is 0.518 e. The van der Waals surface area contributed by atoms with Gasteiger partial charge in [-0.1, -0.05) is 73.6 Å². The summed E-state index contributed by atoms with van der Waals surface area (Å²) in [5, 5.41) is 0. The van der Waals surface area contributed by atoms with E-state index in [0.29, 0.717) is 23.0 Å². The van der Waals surface area contributed by atoms with E-state index in [0.717, 1.165) is 12.3 Å². The summed E-state index contributed by atoms with van der Waals surface area (Å²) in [6, 6.07) is 0. The van der Waals surface area contributed by atoms with Gasteiger partial charge in [0.25, 0.3) is 14.3 Å². The highest BCUT2D eigenvalue weighted by molar-refractivity contribution is 6.78. The van der Waals surface area contributed by atoms with Crippen molar-refractivity contribution in [2.75, 3.05) is 0 Å². The molecule has 0 radical (unpaired) electrons. The lowest BCUT2D eigenvalue weighted by molar-refractivity contribution is -0.136. The predicted molar refractivity (Wildman–Crippen MR) is 92.9 cm³/mol. The Hall–Kier alpha value is -0.313. The zero-order valence-electron chi connectivity index (χ0n) is 15.1. The van der Waals surface area contributed by atoms with Gasteiger partial charge in [-0.25, -0.2) is 0 Å². The van der Waals surface area contributed by atoms with Crippen molar-refractivity contribution in [3.8, 4) is 0 Å². The van der Waals surface area contributed by atoms with Gasteiger partial charge in [0.05, 0.1) is 0 Å². The van der Waals surface area contributed by atoms with E-state index in [9.17, 15) is 4.79 Å². The molecule has 0 spiro atoms. The van der Waals surface area contributed by atoms with E-state index in [2.05, 4.69) is 41.5 Å². The molecule has 1 rings (SSSR count). The molecule has 0 amide bonds.